The number of carbonyl (C=O) groups excluding carboxylic acids is 1. The minimum atomic E-state index is -0.0582. The lowest BCUT2D eigenvalue weighted by Gasteiger charge is -2.00. The molecule has 0 saturated carbocycles. The first-order valence-corrected chi connectivity index (χ1v) is 5.41. The van der Waals surface area contributed by atoms with Gasteiger partial charge in [-0.15, -0.1) is 23.7 Å². The molecule has 0 atom stereocenters. The molecule has 0 radical (unpaired) electrons. The number of thiazole rings is 1. The number of anilines is 1. The van der Waals surface area contributed by atoms with Crippen molar-refractivity contribution in [3.05, 3.63) is 11.1 Å². The van der Waals surface area contributed by atoms with Crippen molar-refractivity contribution in [3.8, 4) is 0 Å². The molecule has 15 heavy (non-hydrogen) atoms. The zero-order valence-corrected chi connectivity index (χ0v) is 10.7. The normalized spacial score (nSPS) is 9.87. The molecule has 0 aromatic carbocycles. The van der Waals surface area contributed by atoms with Crippen molar-refractivity contribution < 1.29 is 4.79 Å². The highest BCUT2D eigenvalue weighted by atomic mass is 35.5. The Labute approximate surface area is 99.9 Å². The second-order valence-electron chi connectivity index (χ2n) is 3.31. The molecular formula is C9H16ClN3OS. The van der Waals surface area contributed by atoms with E-state index < -0.39 is 0 Å². The molecule has 0 fully saturated rings. The number of nitrogens with zero attached hydrogens (tertiary/aromatic N) is 1. The van der Waals surface area contributed by atoms with E-state index in [0.29, 0.717) is 17.6 Å². The summed E-state index contributed by atoms with van der Waals surface area (Å²) in [5.41, 5.74) is 1.02. The summed E-state index contributed by atoms with van der Waals surface area (Å²) < 4.78 is 0. The average molecular weight is 250 g/mol. The first-order chi connectivity index (χ1) is 6.63. The van der Waals surface area contributed by atoms with E-state index in [-0.39, 0.29) is 18.3 Å². The molecule has 2 N–H and O–H groups in total. The van der Waals surface area contributed by atoms with Gasteiger partial charge in [0.15, 0.2) is 5.13 Å². The fourth-order valence-corrected chi connectivity index (χ4v) is 1.82. The number of aromatic nitrogens is 1. The van der Waals surface area contributed by atoms with E-state index in [0.717, 1.165) is 5.69 Å². The maximum absolute atomic E-state index is 11.2. The smallest absolute Gasteiger partial charge is 0.240 e. The molecule has 1 rings (SSSR count). The van der Waals surface area contributed by atoms with E-state index in [1.54, 1.807) is 7.05 Å². The molecule has 0 saturated heterocycles. The first kappa shape index (κ1) is 14.3. The largest absolute Gasteiger partial charge is 0.311 e. The summed E-state index contributed by atoms with van der Waals surface area (Å²) in [4.78, 5) is 15.5. The molecule has 86 valence electrons. The lowest BCUT2D eigenvalue weighted by Crippen LogP contribution is -2.24. The molecule has 0 unspecified atom stereocenters. The van der Waals surface area contributed by atoms with Crippen LogP contribution in [0.3, 0.4) is 0 Å². The number of amides is 1. The Morgan fingerprint density at radius 3 is 2.73 bits per heavy atom. The summed E-state index contributed by atoms with van der Waals surface area (Å²) in [5, 5.41) is 8.15. The van der Waals surface area contributed by atoms with Crippen molar-refractivity contribution in [2.75, 3.05) is 18.9 Å². The molecule has 0 aliphatic rings. The van der Waals surface area contributed by atoms with Crippen LogP contribution in [-0.2, 0) is 4.79 Å². The van der Waals surface area contributed by atoms with Gasteiger partial charge in [-0.2, -0.15) is 0 Å². The molecule has 1 aromatic heterocycles. The minimum absolute atomic E-state index is 0. The Balaban J connectivity index is 0.00000196. The molecule has 6 heteroatoms. The molecule has 1 amide bonds. The highest BCUT2D eigenvalue weighted by Crippen LogP contribution is 2.21. The molecule has 1 aromatic rings. The maximum Gasteiger partial charge on any atom is 0.240 e. The zero-order chi connectivity index (χ0) is 10.6. The van der Waals surface area contributed by atoms with Gasteiger partial charge in [-0.1, -0.05) is 13.8 Å². The first-order valence-electron chi connectivity index (χ1n) is 4.53. The van der Waals surface area contributed by atoms with E-state index in [1.165, 1.54) is 11.3 Å². The second-order valence-corrected chi connectivity index (χ2v) is 4.17. The number of rotatable bonds is 4. The van der Waals surface area contributed by atoms with Gasteiger partial charge in [0, 0.05) is 5.38 Å². The third-order valence-electron chi connectivity index (χ3n) is 1.70. The Kier molecular flexibility index (Phi) is 6.47. The van der Waals surface area contributed by atoms with Crippen molar-refractivity contribution in [3.63, 3.8) is 0 Å². The summed E-state index contributed by atoms with van der Waals surface area (Å²) in [7, 11) is 1.74. The summed E-state index contributed by atoms with van der Waals surface area (Å²) in [6, 6.07) is 0. The highest BCUT2D eigenvalue weighted by molar-refractivity contribution is 7.13. The lowest BCUT2D eigenvalue weighted by molar-refractivity contribution is -0.115. The molecule has 0 aliphatic heterocycles. The van der Waals surface area contributed by atoms with Crippen molar-refractivity contribution in [2.45, 2.75) is 19.8 Å². The van der Waals surface area contributed by atoms with Crippen molar-refractivity contribution in [2.24, 2.45) is 0 Å². The van der Waals surface area contributed by atoms with Gasteiger partial charge in [-0.05, 0) is 13.0 Å². The van der Waals surface area contributed by atoms with Gasteiger partial charge in [0.2, 0.25) is 5.91 Å². The van der Waals surface area contributed by atoms with E-state index in [9.17, 15) is 4.79 Å². The average Bonchev–Trinajstić information content (AvgIpc) is 2.53. The zero-order valence-electron chi connectivity index (χ0n) is 9.03. The van der Waals surface area contributed by atoms with Gasteiger partial charge >= 0.3 is 0 Å². The topological polar surface area (TPSA) is 54.0 Å². The van der Waals surface area contributed by atoms with Crippen molar-refractivity contribution in [1.82, 2.24) is 10.3 Å². The van der Waals surface area contributed by atoms with Gasteiger partial charge in [0.05, 0.1) is 12.2 Å². The summed E-state index contributed by atoms with van der Waals surface area (Å²) in [5.74, 6) is 0.346. The van der Waals surface area contributed by atoms with Crippen LogP contribution >= 0.6 is 23.7 Å². The van der Waals surface area contributed by atoms with Crippen LogP contribution in [0.25, 0.3) is 0 Å². The number of carbonyl (C=O) groups is 1. The van der Waals surface area contributed by atoms with Crippen LogP contribution in [0.4, 0.5) is 5.13 Å². The molecular weight excluding hydrogens is 234 g/mol. The van der Waals surface area contributed by atoms with Crippen LogP contribution in [0.1, 0.15) is 25.5 Å². The molecule has 4 nitrogen and oxygen atoms in total. The van der Waals surface area contributed by atoms with Gasteiger partial charge < -0.3 is 10.6 Å². The molecule has 1 heterocycles. The maximum atomic E-state index is 11.2. The van der Waals surface area contributed by atoms with Crippen LogP contribution in [0.5, 0.6) is 0 Å². The predicted octanol–water partition coefficient (Wildman–Crippen LogP) is 1.85. The fourth-order valence-electron chi connectivity index (χ4n) is 0.933. The standard InChI is InChI=1S/C9H15N3OS.ClH/c1-6(2)7-5-14-9(11-7)12-8(13)4-10-3;/h5-6,10H,4H2,1-3H3,(H,11,12,13);1H. The van der Waals surface area contributed by atoms with Gasteiger partial charge in [0.1, 0.15) is 0 Å². The van der Waals surface area contributed by atoms with Gasteiger partial charge in [-0.25, -0.2) is 4.98 Å². The molecule has 0 aliphatic carbocycles. The number of hydrogen-bond donors (Lipinski definition) is 2. The summed E-state index contributed by atoms with van der Waals surface area (Å²) in [6.07, 6.45) is 0. The van der Waals surface area contributed by atoms with Crippen LogP contribution in [0.15, 0.2) is 5.38 Å². The molecule has 0 bridgehead atoms. The molecule has 0 spiro atoms. The predicted molar refractivity (Wildman–Crippen MR) is 66.0 cm³/mol. The fraction of sp³-hybridized carbons (Fsp3) is 0.556. The minimum Gasteiger partial charge on any atom is -0.311 e. The van der Waals surface area contributed by atoms with E-state index in [2.05, 4.69) is 29.5 Å². The van der Waals surface area contributed by atoms with Crippen LogP contribution < -0.4 is 10.6 Å². The van der Waals surface area contributed by atoms with E-state index in [1.807, 2.05) is 5.38 Å². The third-order valence-corrected chi connectivity index (χ3v) is 2.47. The Morgan fingerprint density at radius 2 is 2.27 bits per heavy atom. The van der Waals surface area contributed by atoms with E-state index >= 15 is 0 Å². The Bertz CT molecular complexity index is 314. The van der Waals surface area contributed by atoms with Gasteiger partial charge in [0.25, 0.3) is 0 Å². The van der Waals surface area contributed by atoms with E-state index in [4.69, 9.17) is 0 Å². The third kappa shape index (κ3) is 4.59. The Morgan fingerprint density at radius 1 is 1.60 bits per heavy atom. The second kappa shape index (κ2) is 6.76. The lowest BCUT2D eigenvalue weighted by atomic mass is 10.2. The van der Waals surface area contributed by atoms with Crippen molar-refractivity contribution >= 4 is 34.8 Å². The quantitative estimate of drug-likeness (QED) is 0.856. The number of hydrogen-bond acceptors (Lipinski definition) is 4. The summed E-state index contributed by atoms with van der Waals surface area (Å²) >= 11 is 1.46. The van der Waals surface area contributed by atoms with Crippen LogP contribution in [0.2, 0.25) is 0 Å². The number of likely N-dealkylation sites (N-methyl/N-ethyl adjacent to an activating group) is 1. The number of halogens is 1. The van der Waals surface area contributed by atoms with Gasteiger partial charge in [-0.3, -0.25) is 4.79 Å². The summed E-state index contributed by atoms with van der Waals surface area (Å²) in [6.45, 7) is 4.47. The SMILES string of the molecule is CNCC(=O)Nc1nc(C(C)C)cs1.Cl. The van der Waals surface area contributed by atoms with Crippen molar-refractivity contribution in [1.29, 1.82) is 0 Å². The Hall–Kier alpha value is -0.650. The number of nitrogens with one attached hydrogen (secondary N) is 2. The van der Waals surface area contributed by atoms with Crippen LogP contribution in [-0.4, -0.2) is 24.5 Å². The van der Waals surface area contributed by atoms with Crippen LogP contribution in [0, 0.1) is 0 Å². The monoisotopic (exact) mass is 249 g/mol. The highest BCUT2D eigenvalue weighted by Gasteiger charge is 2.07.